The van der Waals surface area contributed by atoms with Crippen LogP contribution in [0.2, 0.25) is 0 Å². The van der Waals surface area contributed by atoms with E-state index in [1.165, 1.54) is 11.1 Å². The first-order chi connectivity index (χ1) is 11.1. The quantitative estimate of drug-likeness (QED) is 0.728. The summed E-state index contributed by atoms with van der Waals surface area (Å²) in [6.07, 6.45) is 3.71. The molecule has 120 valence electrons. The Bertz CT molecular complexity index is 587. The topological polar surface area (TPSA) is 20.2 Å². The maximum atomic E-state index is 9.48. The van der Waals surface area contributed by atoms with Crippen LogP contribution in [-0.4, -0.2) is 29.8 Å². The Balaban J connectivity index is 2.15. The highest BCUT2D eigenvalue weighted by atomic mass is 16.3. The highest BCUT2D eigenvalue weighted by molar-refractivity contribution is 5.47. The zero-order chi connectivity index (χ0) is 16.7. The number of aliphatic hydroxyl groups excluding tert-OH is 1. The second kappa shape index (κ2) is 7.91. The number of quaternary nitrogens is 1. The summed E-state index contributed by atoms with van der Waals surface area (Å²) in [6, 6.07) is 16.9. The van der Waals surface area contributed by atoms with Gasteiger partial charge in [0, 0.05) is 11.1 Å². The lowest BCUT2D eigenvalue weighted by Crippen LogP contribution is -2.44. The molecule has 0 heterocycles. The van der Waals surface area contributed by atoms with Crippen LogP contribution in [0.15, 0.2) is 61.7 Å². The van der Waals surface area contributed by atoms with E-state index in [0.29, 0.717) is 0 Å². The number of likely N-dealkylation sites (N-methyl/N-ethyl adjacent to an activating group) is 1. The molecule has 2 nitrogen and oxygen atoms in total. The predicted octanol–water partition coefficient (Wildman–Crippen LogP) is 4.11. The van der Waals surface area contributed by atoms with Crippen LogP contribution in [-0.2, 0) is 13.1 Å². The molecule has 0 radical (unpaired) electrons. The number of hydrogen-bond acceptors (Lipinski definition) is 1. The molecule has 0 bridgehead atoms. The first kappa shape index (κ1) is 17.2. The molecule has 0 atom stereocenters. The van der Waals surface area contributed by atoms with E-state index in [4.69, 9.17) is 0 Å². The van der Waals surface area contributed by atoms with Crippen molar-refractivity contribution in [1.29, 1.82) is 0 Å². The van der Waals surface area contributed by atoms with Gasteiger partial charge in [0.25, 0.3) is 0 Å². The molecule has 0 fully saturated rings. The fourth-order valence-electron chi connectivity index (χ4n) is 2.86. The lowest BCUT2D eigenvalue weighted by Gasteiger charge is -2.34. The third-order valence-electron chi connectivity index (χ3n) is 4.20. The summed E-state index contributed by atoms with van der Waals surface area (Å²) < 4.78 is 0.775. The van der Waals surface area contributed by atoms with Gasteiger partial charge in [-0.25, -0.2) is 0 Å². The lowest BCUT2D eigenvalue weighted by molar-refractivity contribution is -0.935. The average Bonchev–Trinajstić information content (AvgIpc) is 2.56. The molecule has 1 N–H and O–H groups in total. The Morgan fingerprint density at radius 2 is 1.22 bits per heavy atom. The van der Waals surface area contributed by atoms with Crippen LogP contribution in [0.4, 0.5) is 0 Å². The SMILES string of the molecule is C=Cc1ccc(C[N+](C)(CCO)Cc2ccc(C=C)cc2)cc1. The van der Waals surface area contributed by atoms with E-state index in [-0.39, 0.29) is 6.61 Å². The molecule has 0 aliphatic heterocycles. The minimum absolute atomic E-state index is 0.186. The Labute approximate surface area is 139 Å². The maximum absolute atomic E-state index is 9.48. The van der Waals surface area contributed by atoms with Crippen molar-refractivity contribution >= 4 is 12.2 Å². The van der Waals surface area contributed by atoms with Crippen LogP contribution in [0.3, 0.4) is 0 Å². The summed E-state index contributed by atoms with van der Waals surface area (Å²) in [4.78, 5) is 0. The predicted molar refractivity (Wildman–Crippen MR) is 98.6 cm³/mol. The molecule has 0 amide bonds. The van der Waals surface area contributed by atoms with Crippen molar-refractivity contribution in [3.8, 4) is 0 Å². The van der Waals surface area contributed by atoms with Gasteiger partial charge in [-0.3, -0.25) is 0 Å². The van der Waals surface area contributed by atoms with E-state index in [1.54, 1.807) is 0 Å². The van der Waals surface area contributed by atoms with Crippen molar-refractivity contribution < 1.29 is 9.59 Å². The van der Waals surface area contributed by atoms with Gasteiger partial charge in [-0.15, -0.1) is 0 Å². The number of nitrogens with zero attached hydrogens (tertiary/aromatic N) is 1. The zero-order valence-electron chi connectivity index (χ0n) is 13.9. The van der Waals surface area contributed by atoms with Crippen molar-refractivity contribution in [2.24, 2.45) is 0 Å². The zero-order valence-corrected chi connectivity index (χ0v) is 13.9. The van der Waals surface area contributed by atoms with Crippen molar-refractivity contribution in [3.05, 3.63) is 83.9 Å². The van der Waals surface area contributed by atoms with Crippen LogP contribution in [0.5, 0.6) is 0 Å². The fourth-order valence-corrected chi connectivity index (χ4v) is 2.86. The van der Waals surface area contributed by atoms with Gasteiger partial charge in [0.1, 0.15) is 19.6 Å². The number of aliphatic hydroxyl groups is 1. The summed E-state index contributed by atoms with van der Waals surface area (Å²) in [7, 11) is 2.19. The van der Waals surface area contributed by atoms with Gasteiger partial charge in [0.05, 0.1) is 13.7 Å². The third-order valence-corrected chi connectivity index (χ3v) is 4.20. The smallest absolute Gasteiger partial charge is 0.104 e. The molecule has 0 aliphatic rings. The summed E-state index contributed by atoms with van der Waals surface area (Å²) >= 11 is 0. The van der Waals surface area contributed by atoms with Crippen LogP contribution in [0.25, 0.3) is 12.2 Å². The van der Waals surface area contributed by atoms with Gasteiger partial charge in [0.2, 0.25) is 0 Å². The molecule has 0 aromatic heterocycles. The maximum Gasteiger partial charge on any atom is 0.104 e. The molecule has 2 aromatic carbocycles. The minimum atomic E-state index is 0.186. The fraction of sp³-hybridized carbons (Fsp3) is 0.238. The Kier molecular flexibility index (Phi) is 5.91. The highest BCUT2D eigenvalue weighted by Gasteiger charge is 2.22. The molecule has 2 rings (SSSR count). The molecule has 0 unspecified atom stereocenters. The molecule has 0 saturated heterocycles. The lowest BCUT2D eigenvalue weighted by atomic mass is 10.1. The van der Waals surface area contributed by atoms with Crippen LogP contribution in [0, 0.1) is 0 Å². The van der Waals surface area contributed by atoms with Gasteiger partial charge in [-0.1, -0.05) is 73.8 Å². The van der Waals surface area contributed by atoms with E-state index < -0.39 is 0 Å². The molecular weight excluding hydrogens is 282 g/mol. The van der Waals surface area contributed by atoms with Gasteiger partial charge >= 0.3 is 0 Å². The summed E-state index contributed by atoms with van der Waals surface area (Å²) in [5.74, 6) is 0. The van der Waals surface area contributed by atoms with Gasteiger partial charge < -0.3 is 9.59 Å². The first-order valence-electron chi connectivity index (χ1n) is 7.96. The Hall–Kier alpha value is -2.16. The molecule has 0 spiro atoms. The average molecular weight is 308 g/mol. The second-order valence-electron chi connectivity index (χ2n) is 6.27. The third kappa shape index (κ3) is 4.92. The van der Waals surface area contributed by atoms with E-state index in [2.05, 4.69) is 68.7 Å². The molecule has 2 aromatic rings. The van der Waals surface area contributed by atoms with Gasteiger partial charge in [-0.2, -0.15) is 0 Å². The summed E-state index contributed by atoms with van der Waals surface area (Å²) in [5, 5.41) is 9.48. The minimum Gasteiger partial charge on any atom is -0.391 e. The van der Waals surface area contributed by atoms with E-state index in [9.17, 15) is 5.11 Å². The molecule has 0 saturated carbocycles. The van der Waals surface area contributed by atoms with Crippen LogP contribution in [0.1, 0.15) is 22.3 Å². The summed E-state index contributed by atoms with van der Waals surface area (Å²) in [5.41, 5.74) is 4.80. The largest absolute Gasteiger partial charge is 0.391 e. The molecular formula is C21H26NO+. The van der Waals surface area contributed by atoms with E-state index in [1.807, 2.05) is 12.2 Å². The second-order valence-corrected chi connectivity index (χ2v) is 6.27. The highest BCUT2D eigenvalue weighted by Crippen LogP contribution is 2.18. The Morgan fingerprint density at radius 3 is 1.52 bits per heavy atom. The van der Waals surface area contributed by atoms with Crippen LogP contribution >= 0.6 is 0 Å². The number of hydrogen-bond donors (Lipinski definition) is 1. The van der Waals surface area contributed by atoms with Crippen molar-refractivity contribution in [3.63, 3.8) is 0 Å². The molecule has 23 heavy (non-hydrogen) atoms. The van der Waals surface area contributed by atoms with Crippen molar-refractivity contribution in [2.75, 3.05) is 20.2 Å². The van der Waals surface area contributed by atoms with Crippen molar-refractivity contribution in [2.45, 2.75) is 13.1 Å². The standard InChI is InChI=1S/C21H26NO/c1-4-18-6-10-20(11-7-18)16-22(3,14-15-23)17-21-12-8-19(5-2)9-13-21/h4-13,23H,1-2,14-17H2,3H3/q+1. The summed E-state index contributed by atoms with van der Waals surface area (Å²) in [6.45, 7) is 10.3. The van der Waals surface area contributed by atoms with E-state index >= 15 is 0 Å². The van der Waals surface area contributed by atoms with Crippen LogP contribution < -0.4 is 0 Å². The monoisotopic (exact) mass is 308 g/mol. The van der Waals surface area contributed by atoms with Crippen molar-refractivity contribution in [1.82, 2.24) is 0 Å². The number of rotatable bonds is 8. The molecule has 2 heteroatoms. The molecule has 0 aliphatic carbocycles. The first-order valence-corrected chi connectivity index (χ1v) is 7.96. The van der Waals surface area contributed by atoms with Gasteiger partial charge in [0.15, 0.2) is 0 Å². The van der Waals surface area contributed by atoms with E-state index in [0.717, 1.165) is 35.2 Å². The van der Waals surface area contributed by atoms with Gasteiger partial charge in [-0.05, 0) is 11.1 Å². The Morgan fingerprint density at radius 1 is 0.826 bits per heavy atom. The number of benzene rings is 2. The normalized spacial score (nSPS) is 11.2.